The Kier molecular flexibility index (Phi) is 5.40. The van der Waals surface area contributed by atoms with Crippen molar-refractivity contribution in [2.24, 2.45) is 5.92 Å². The molecule has 19 heavy (non-hydrogen) atoms. The van der Waals surface area contributed by atoms with E-state index in [4.69, 9.17) is 4.74 Å². The zero-order valence-electron chi connectivity index (χ0n) is 12.1. The van der Waals surface area contributed by atoms with E-state index in [1.54, 1.807) is 7.11 Å². The molecule has 4 nitrogen and oxygen atoms in total. The highest BCUT2D eigenvalue weighted by molar-refractivity contribution is 5.02. The maximum atomic E-state index is 10.1. The predicted molar refractivity (Wildman–Crippen MR) is 75.1 cm³/mol. The minimum absolute atomic E-state index is 0.143. The summed E-state index contributed by atoms with van der Waals surface area (Å²) in [4.78, 5) is 0. The average molecular weight is 266 g/mol. The maximum absolute atomic E-state index is 10.1. The molecule has 1 saturated carbocycles. The van der Waals surface area contributed by atoms with E-state index in [0.717, 1.165) is 5.69 Å². The molecule has 4 heteroatoms. The molecule has 1 aromatic heterocycles. The fourth-order valence-corrected chi connectivity index (χ4v) is 2.82. The molecular weight excluding hydrogens is 240 g/mol. The van der Waals surface area contributed by atoms with Crippen LogP contribution in [0.2, 0.25) is 0 Å². The Labute approximate surface area is 115 Å². The second-order valence-electron chi connectivity index (χ2n) is 5.78. The van der Waals surface area contributed by atoms with Gasteiger partial charge in [-0.1, -0.05) is 26.2 Å². The van der Waals surface area contributed by atoms with Gasteiger partial charge in [0.2, 0.25) is 0 Å². The third-order valence-corrected chi connectivity index (χ3v) is 4.12. The van der Waals surface area contributed by atoms with Crippen molar-refractivity contribution in [3.05, 3.63) is 18.0 Å². The van der Waals surface area contributed by atoms with Crippen molar-refractivity contribution in [2.45, 2.75) is 57.6 Å². The summed E-state index contributed by atoms with van der Waals surface area (Å²) >= 11 is 0. The molecule has 2 atom stereocenters. The largest absolute Gasteiger partial charge is 0.392 e. The van der Waals surface area contributed by atoms with Crippen molar-refractivity contribution in [1.29, 1.82) is 0 Å². The summed E-state index contributed by atoms with van der Waals surface area (Å²) in [5.41, 5.74) is 0.987. The number of aliphatic hydroxyl groups excluding tert-OH is 1. The van der Waals surface area contributed by atoms with Crippen molar-refractivity contribution < 1.29 is 9.84 Å². The van der Waals surface area contributed by atoms with E-state index in [-0.39, 0.29) is 12.0 Å². The zero-order valence-corrected chi connectivity index (χ0v) is 12.1. The van der Waals surface area contributed by atoms with Gasteiger partial charge in [0.05, 0.1) is 24.4 Å². The van der Waals surface area contributed by atoms with Gasteiger partial charge in [0.25, 0.3) is 0 Å². The second kappa shape index (κ2) is 7.06. The van der Waals surface area contributed by atoms with Crippen LogP contribution in [0.5, 0.6) is 0 Å². The van der Waals surface area contributed by atoms with Crippen molar-refractivity contribution in [2.75, 3.05) is 13.7 Å². The summed E-state index contributed by atoms with van der Waals surface area (Å²) in [5, 5.41) is 14.7. The zero-order chi connectivity index (χ0) is 13.7. The van der Waals surface area contributed by atoms with Gasteiger partial charge in [0.1, 0.15) is 0 Å². The van der Waals surface area contributed by atoms with Crippen LogP contribution in [0.1, 0.15) is 50.8 Å². The molecule has 0 aromatic carbocycles. The molecule has 1 aromatic rings. The van der Waals surface area contributed by atoms with Crippen molar-refractivity contribution in [1.82, 2.24) is 9.78 Å². The first-order chi connectivity index (χ1) is 9.20. The number of aromatic nitrogens is 2. The number of hydrogen-bond donors (Lipinski definition) is 1. The van der Waals surface area contributed by atoms with Crippen LogP contribution in [0.15, 0.2) is 12.3 Å². The topological polar surface area (TPSA) is 47.3 Å². The van der Waals surface area contributed by atoms with Gasteiger partial charge in [0, 0.05) is 25.6 Å². The molecule has 1 aliphatic carbocycles. The molecule has 0 aliphatic heterocycles. The first-order valence-electron chi connectivity index (χ1n) is 7.41. The highest BCUT2D eigenvalue weighted by Gasteiger charge is 2.19. The third kappa shape index (κ3) is 4.05. The standard InChI is InChI=1S/C15H26N2O2/c1-12(11-19-2)15(18)10-13-8-9-17(16-13)14-6-4-3-5-7-14/h8-9,12,14-15,18H,3-7,10-11H2,1-2H3. The lowest BCUT2D eigenvalue weighted by Gasteiger charge is -2.22. The molecule has 2 rings (SSSR count). The van der Waals surface area contributed by atoms with Crippen LogP contribution in [-0.4, -0.2) is 34.7 Å². The van der Waals surface area contributed by atoms with Gasteiger partial charge < -0.3 is 9.84 Å². The average Bonchev–Trinajstić information content (AvgIpc) is 2.88. The molecule has 0 radical (unpaired) electrons. The van der Waals surface area contributed by atoms with Gasteiger partial charge in [-0.05, 0) is 18.9 Å². The van der Waals surface area contributed by atoms with Crippen molar-refractivity contribution in [3.63, 3.8) is 0 Å². The Bertz CT molecular complexity index is 372. The molecule has 0 amide bonds. The van der Waals surface area contributed by atoms with Gasteiger partial charge >= 0.3 is 0 Å². The molecule has 1 heterocycles. The highest BCUT2D eigenvalue weighted by Crippen LogP contribution is 2.27. The third-order valence-electron chi connectivity index (χ3n) is 4.12. The van der Waals surface area contributed by atoms with E-state index >= 15 is 0 Å². The lowest BCUT2D eigenvalue weighted by molar-refractivity contribution is 0.0568. The first-order valence-corrected chi connectivity index (χ1v) is 7.41. The molecular formula is C15H26N2O2. The summed E-state index contributed by atoms with van der Waals surface area (Å²) in [5.74, 6) is 0.143. The Hall–Kier alpha value is -0.870. The van der Waals surface area contributed by atoms with Gasteiger partial charge in [-0.25, -0.2) is 0 Å². The lowest BCUT2D eigenvalue weighted by Crippen LogP contribution is -2.24. The Morgan fingerprint density at radius 2 is 2.16 bits per heavy atom. The lowest BCUT2D eigenvalue weighted by atomic mass is 9.96. The molecule has 0 bridgehead atoms. The van der Waals surface area contributed by atoms with E-state index in [0.29, 0.717) is 19.1 Å². The fourth-order valence-electron chi connectivity index (χ4n) is 2.82. The van der Waals surface area contributed by atoms with E-state index < -0.39 is 0 Å². The van der Waals surface area contributed by atoms with E-state index in [1.165, 1.54) is 32.1 Å². The summed E-state index contributed by atoms with van der Waals surface area (Å²) in [6.07, 6.45) is 8.77. The van der Waals surface area contributed by atoms with Crippen LogP contribution < -0.4 is 0 Å². The van der Waals surface area contributed by atoms with Crippen LogP contribution in [0.4, 0.5) is 0 Å². The van der Waals surface area contributed by atoms with Crippen molar-refractivity contribution in [3.8, 4) is 0 Å². The SMILES string of the molecule is COCC(C)C(O)Cc1ccn(C2CCCCC2)n1. The molecule has 1 aliphatic rings. The molecule has 0 spiro atoms. The summed E-state index contributed by atoms with van der Waals surface area (Å²) < 4.78 is 7.18. The molecule has 0 saturated heterocycles. The second-order valence-corrected chi connectivity index (χ2v) is 5.78. The first kappa shape index (κ1) is 14.5. The molecule has 1 N–H and O–H groups in total. The number of methoxy groups -OCH3 is 1. The van der Waals surface area contributed by atoms with Crippen LogP contribution in [0.3, 0.4) is 0 Å². The Balaban J connectivity index is 1.89. The quantitative estimate of drug-likeness (QED) is 0.861. The normalized spacial score (nSPS) is 20.4. The Morgan fingerprint density at radius 3 is 2.84 bits per heavy atom. The van der Waals surface area contributed by atoms with E-state index in [2.05, 4.69) is 16.0 Å². The van der Waals surface area contributed by atoms with Crippen LogP contribution >= 0.6 is 0 Å². The van der Waals surface area contributed by atoms with Crippen LogP contribution in [-0.2, 0) is 11.2 Å². The molecule has 108 valence electrons. The number of aliphatic hydroxyl groups is 1. The van der Waals surface area contributed by atoms with E-state index in [9.17, 15) is 5.11 Å². The summed E-state index contributed by atoms with van der Waals surface area (Å²) in [6, 6.07) is 2.60. The molecule has 2 unspecified atom stereocenters. The number of rotatable bonds is 6. The Morgan fingerprint density at radius 1 is 1.42 bits per heavy atom. The smallest absolute Gasteiger partial charge is 0.0650 e. The van der Waals surface area contributed by atoms with Gasteiger partial charge in [0.15, 0.2) is 0 Å². The maximum Gasteiger partial charge on any atom is 0.0650 e. The fraction of sp³-hybridized carbons (Fsp3) is 0.800. The minimum Gasteiger partial charge on any atom is -0.392 e. The number of hydrogen-bond acceptors (Lipinski definition) is 3. The number of ether oxygens (including phenoxy) is 1. The number of nitrogens with zero attached hydrogens (tertiary/aromatic N) is 2. The van der Waals surface area contributed by atoms with Crippen LogP contribution in [0, 0.1) is 5.92 Å². The molecule has 1 fully saturated rings. The van der Waals surface area contributed by atoms with Crippen LogP contribution in [0.25, 0.3) is 0 Å². The van der Waals surface area contributed by atoms with Gasteiger partial charge in [-0.15, -0.1) is 0 Å². The van der Waals surface area contributed by atoms with Gasteiger partial charge in [-0.3, -0.25) is 4.68 Å². The van der Waals surface area contributed by atoms with Gasteiger partial charge in [-0.2, -0.15) is 5.10 Å². The summed E-state index contributed by atoms with van der Waals surface area (Å²) in [7, 11) is 1.67. The minimum atomic E-state index is -0.380. The highest BCUT2D eigenvalue weighted by atomic mass is 16.5. The predicted octanol–water partition coefficient (Wildman–Crippen LogP) is 2.57. The monoisotopic (exact) mass is 266 g/mol. The van der Waals surface area contributed by atoms with Crippen molar-refractivity contribution >= 4 is 0 Å². The van der Waals surface area contributed by atoms with E-state index in [1.807, 2.05) is 13.0 Å². The summed E-state index contributed by atoms with van der Waals surface area (Å²) in [6.45, 7) is 2.59.